The molecule has 1 aliphatic rings. The van der Waals surface area contributed by atoms with Gasteiger partial charge in [0.1, 0.15) is 0 Å². The smallest absolute Gasteiger partial charge is 0.0985 e. The summed E-state index contributed by atoms with van der Waals surface area (Å²) in [6, 6.07) is 38.8. The third kappa shape index (κ3) is 2.85. The first-order valence-electron chi connectivity index (χ1n) is 13.5. The van der Waals surface area contributed by atoms with Crippen LogP contribution >= 0.6 is 0 Å². The number of fused-ring (bicyclic) bond motifs is 7. The largest absolute Gasteiger partial charge is 0.317 e. The molecule has 3 aromatic heterocycles. The molecular formula is C36H22N4. The molecule has 0 fully saturated rings. The summed E-state index contributed by atoms with van der Waals surface area (Å²) in [6.45, 7) is 0. The summed E-state index contributed by atoms with van der Waals surface area (Å²) in [5, 5.41) is 7.17. The lowest BCUT2D eigenvalue weighted by molar-refractivity contribution is 1.20. The maximum atomic E-state index is 4.79. The Bertz CT molecular complexity index is 2330. The molecule has 0 saturated carbocycles. The van der Waals surface area contributed by atoms with Crippen molar-refractivity contribution in [1.82, 2.24) is 14.5 Å². The SMILES string of the molecule is C1=CN(c2ccccc2)c2cccc3cc4c(c1c23)c1ccccc1n4-c1cc2cccnc2c2ncccc12. The summed E-state index contributed by atoms with van der Waals surface area (Å²) in [7, 11) is 0. The summed E-state index contributed by atoms with van der Waals surface area (Å²) < 4.78 is 2.42. The van der Waals surface area contributed by atoms with Crippen LogP contribution in [-0.4, -0.2) is 14.5 Å². The number of nitrogens with zero attached hydrogens (tertiary/aromatic N) is 4. The van der Waals surface area contributed by atoms with E-state index in [-0.39, 0.29) is 0 Å². The standard InChI is InChI=1S/C36H22N4/c1-2-11-25(12-3-1)39-20-17-28-33-23(9-6-16-30(33)39)21-32-34(28)26-13-4-5-15-29(26)40(32)31-22-24-10-7-18-37-35(24)36-27(31)14-8-19-38-36/h1-22H. The third-order valence-electron chi connectivity index (χ3n) is 8.18. The lowest BCUT2D eigenvalue weighted by Gasteiger charge is -2.27. The predicted octanol–water partition coefficient (Wildman–Crippen LogP) is 9.16. The van der Waals surface area contributed by atoms with Gasteiger partial charge < -0.3 is 9.47 Å². The quantitative estimate of drug-likeness (QED) is 0.217. The van der Waals surface area contributed by atoms with Crippen LogP contribution in [0.1, 0.15) is 5.56 Å². The van der Waals surface area contributed by atoms with Gasteiger partial charge in [-0.05, 0) is 71.6 Å². The Labute approximate surface area is 230 Å². The zero-order valence-corrected chi connectivity index (χ0v) is 21.5. The molecule has 0 amide bonds. The highest BCUT2D eigenvalue weighted by Crippen LogP contribution is 2.46. The zero-order chi connectivity index (χ0) is 26.2. The second kappa shape index (κ2) is 8.01. The van der Waals surface area contributed by atoms with Crippen molar-refractivity contribution in [3.8, 4) is 5.69 Å². The van der Waals surface area contributed by atoms with E-state index in [1.54, 1.807) is 0 Å². The molecule has 0 unspecified atom stereocenters. The average Bonchev–Trinajstić information content (AvgIpc) is 3.35. The van der Waals surface area contributed by atoms with E-state index in [2.05, 4.69) is 124 Å². The highest BCUT2D eigenvalue weighted by atomic mass is 15.1. The lowest BCUT2D eigenvalue weighted by atomic mass is 9.94. The van der Waals surface area contributed by atoms with Gasteiger partial charge in [0.2, 0.25) is 0 Å². The first-order chi connectivity index (χ1) is 19.9. The van der Waals surface area contributed by atoms with Crippen molar-refractivity contribution in [2.45, 2.75) is 0 Å². The van der Waals surface area contributed by atoms with Gasteiger partial charge in [-0.3, -0.25) is 9.97 Å². The Morgan fingerprint density at radius 3 is 2.23 bits per heavy atom. The fourth-order valence-corrected chi connectivity index (χ4v) is 6.54. The van der Waals surface area contributed by atoms with Crippen LogP contribution in [0, 0.1) is 0 Å². The van der Waals surface area contributed by atoms with Crippen LogP contribution in [0.2, 0.25) is 0 Å². The van der Waals surface area contributed by atoms with Crippen molar-refractivity contribution in [3.63, 3.8) is 0 Å². The molecule has 0 spiro atoms. The van der Waals surface area contributed by atoms with E-state index < -0.39 is 0 Å². The Morgan fingerprint density at radius 1 is 0.525 bits per heavy atom. The van der Waals surface area contributed by atoms with Crippen molar-refractivity contribution in [1.29, 1.82) is 0 Å². The number of anilines is 2. The van der Waals surface area contributed by atoms with Crippen molar-refractivity contribution in [2.75, 3.05) is 4.90 Å². The summed E-state index contributed by atoms with van der Waals surface area (Å²) >= 11 is 0. The van der Waals surface area contributed by atoms with E-state index in [1.807, 2.05) is 24.5 Å². The predicted molar refractivity (Wildman–Crippen MR) is 167 cm³/mol. The molecule has 186 valence electrons. The van der Waals surface area contributed by atoms with Gasteiger partial charge in [-0.15, -0.1) is 0 Å². The van der Waals surface area contributed by atoms with Crippen molar-refractivity contribution in [3.05, 3.63) is 133 Å². The Kier molecular flexibility index (Phi) is 4.30. The van der Waals surface area contributed by atoms with Gasteiger partial charge in [-0.1, -0.05) is 54.6 Å². The number of para-hydroxylation sites is 2. The second-order valence-corrected chi connectivity index (χ2v) is 10.3. The number of aromatic nitrogens is 3. The molecular weight excluding hydrogens is 488 g/mol. The third-order valence-corrected chi connectivity index (χ3v) is 8.18. The van der Waals surface area contributed by atoms with Crippen LogP contribution in [-0.2, 0) is 0 Å². The first kappa shape index (κ1) is 21.5. The van der Waals surface area contributed by atoms with Crippen molar-refractivity contribution >= 4 is 71.8 Å². The maximum absolute atomic E-state index is 4.79. The number of rotatable bonds is 2. The molecule has 0 bridgehead atoms. The van der Waals surface area contributed by atoms with Gasteiger partial charge >= 0.3 is 0 Å². The molecule has 1 aliphatic heterocycles. The van der Waals surface area contributed by atoms with E-state index in [0.717, 1.165) is 33.2 Å². The fourth-order valence-electron chi connectivity index (χ4n) is 6.54. The molecule has 40 heavy (non-hydrogen) atoms. The molecule has 4 heterocycles. The molecule has 4 heteroatoms. The molecule has 8 aromatic rings. The summed E-state index contributed by atoms with van der Waals surface area (Å²) in [4.78, 5) is 11.8. The van der Waals surface area contributed by atoms with Gasteiger partial charge in [0.15, 0.2) is 0 Å². The number of hydrogen-bond donors (Lipinski definition) is 0. The van der Waals surface area contributed by atoms with Gasteiger partial charge in [0, 0.05) is 51.2 Å². The van der Waals surface area contributed by atoms with Crippen LogP contribution < -0.4 is 4.90 Å². The Balaban J connectivity index is 1.44. The monoisotopic (exact) mass is 510 g/mol. The van der Waals surface area contributed by atoms with E-state index in [4.69, 9.17) is 4.98 Å². The van der Waals surface area contributed by atoms with Gasteiger partial charge in [0.25, 0.3) is 0 Å². The molecule has 5 aromatic carbocycles. The van der Waals surface area contributed by atoms with Crippen LogP contribution in [0.4, 0.5) is 11.4 Å². The summed E-state index contributed by atoms with van der Waals surface area (Å²) in [5.74, 6) is 0. The minimum Gasteiger partial charge on any atom is -0.317 e. The summed E-state index contributed by atoms with van der Waals surface area (Å²) in [5.41, 5.74) is 8.94. The second-order valence-electron chi connectivity index (χ2n) is 10.3. The van der Waals surface area contributed by atoms with Crippen molar-refractivity contribution in [2.24, 2.45) is 0 Å². The van der Waals surface area contributed by atoms with E-state index >= 15 is 0 Å². The van der Waals surface area contributed by atoms with E-state index in [1.165, 1.54) is 43.8 Å². The Morgan fingerprint density at radius 2 is 1.30 bits per heavy atom. The maximum Gasteiger partial charge on any atom is 0.0985 e. The number of pyridine rings is 2. The molecule has 4 nitrogen and oxygen atoms in total. The normalized spacial score (nSPS) is 12.8. The Hall–Kier alpha value is -5.48. The average molecular weight is 511 g/mol. The van der Waals surface area contributed by atoms with Crippen molar-refractivity contribution < 1.29 is 0 Å². The number of benzene rings is 5. The molecule has 0 radical (unpaired) electrons. The van der Waals surface area contributed by atoms with Crippen LogP contribution in [0.3, 0.4) is 0 Å². The first-order valence-corrected chi connectivity index (χ1v) is 13.5. The topological polar surface area (TPSA) is 34.0 Å². The van der Waals surface area contributed by atoms with Crippen LogP contribution in [0.5, 0.6) is 0 Å². The fraction of sp³-hybridized carbons (Fsp3) is 0. The molecule has 0 atom stereocenters. The lowest BCUT2D eigenvalue weighted by Crippen LogP contribution is -2.11. The number of hydrogen-bond acceptors (Lipinski definition) is 3. The van der Waals surface area contributed by atoms with E-state index in [9.17, 15) is 0 Å². The highest BCUT2D eigenvalue weighted by molar-refractivity contribution is 6.22. The minimum atomic E-state index is 0.921. The molecule has 9 rings (SSSR count). The van der Waals surface area contributed by atoms with Gasteiger partial charge in [-0.2, -0.15) is 0 Å². The molecule has 0 aliphatic carbocycles. The van der Waals surface area contributed by atoms with Crippen LogP contribution in [0.25, 0.3) is 66.1 Å². The van der Waals surface area contributed by atoms with Gasteiger partial charge in [-0.25, -0.2) is 0 Å². The summed E-state index contributed by atoms with van der Waals surface area (Å²) in [6.07, 6.45) is 8.19. The van der Waals surface area contributed by atoms with Gasteiger partial charge in [0.05, 0.1) is 33.4 Å². The van der Waals surface area contributed by atoms with Crippen LogP contribution in [0.15, 0.2) is 128 Å². The van der Waals surface area contributed by atoms with E-state index in [0.29, 0.717) is 0 Å². The zero-order valence-electron chi connectivity index (χ0n) is 21.5. The molecule has 0 N–H and O–H groups in total. The molecule has 0 saturated heterocycles. The highest BCUT2D eigenvalue weighted by Gasteiger charge is 2.23. The minimum absolute atomic E-state index is 0.921.